The van der Waals surface area contributed by atoms with Crippen LogP contribution in [-0.4, -0.2) is 47.1 Å². The number of methoxy groups -OCH3 is 2. The predicted molar refractivity (Wildman–Crippen MR) is 101 cm³/mol. The molecule has 0 atom stereocenters. The average Bonchev–Trinajstić information content (AvgIpc) is 3.40. The first kappa shape index (κ1) is 19.0. The maximum atomic E-state index is 12.0. The molecular weight excluding hydrogens is 379 g/mol. The lowest BCUT2D eigenvalue weighted by atomic mass is 10.1. The second-order valence-corrected chi connectivity index (χ2v) is 6.43. The van der Waals surface area contributed by atoms with Gasteiger partial charge < -0.3 is 28.3 Å². The Balaban J connectivity index is 1.50. The maximum Gasteiger partial charge on any atom is 0.658 e. The van der Waals surface area contributed by atoms with E-state index in [1.807, 2.05) is 0 Å². The lowest BCUT2D eigenvalue weighted by Crippen LogP contribution is -2.13. The second kappa shape index (κ2) is 7.94. The zero-order valence-corrected chi connectivity index (χ0v) is 16.0. The van der Waals surface area contributed by atoms with E-state index in [1.54, 1.807) is 12.1 Å². The smallest absolute Gasteiger partial charge is 0.526 e. The van der Waals surface area contributed by atoms with Crippen LogP contribution in [0.15, 0.2) is 24.3 Å². The van der Waals surface area contributed by atoms with E-state index in [-0.39, 0.29) is 0 Å². The van der Waals surface area contributed by atoms with E-state index in [0.717, 1.165) is 18.8 Å². The number of ether oxygens (including phenoxy) is 4. The van der Waals surface area contributed by atoms with Crippen LogP contribution in [0.3, 0.4) is 0 Å². The quantitative estimate of drug-likeness (QED) is 0.541. The third-order valence-electron chi connectivity index (χ3n) is 4.69. The van der Waals surface area contributed by atoms with Gasteiger partial charge in [-0.3, -0.25) is 0 Å². The molecule has 1 radical (unpaired) electrons. The first-order chi connectivity index (χ1) is 14.1. The number of fused-ring (bicyclic) bond motifs is 2. The van der Waals surface area contributed by atoms with Crippen molar-refractivity contribution in [2.75, 3.05) is 27.4 Å². The molecule has 2 heterocycles. The van der Waals surface area contributed by atoms with Gasteiger partial charge in [-0.15, -0.1) is 0 Å². The van der Waals surface area contributed by atoms with Gasteiger partial charge in [0.25, 0.3) is 0 Å². The van der Waals surface area contributed by atoms with Gasteiger partial charge in [-0.2, -0.15) is 0 Å². The molecule has 0 N–H and O–H groups in total. The Morgan fingerprint density at radius 2 is 1.24 bits per heavy atom. The van der Waals surface area contributed by atoms with Gasteiger partial charge in [0, 0.05) is 24.0 Å². The van der Waals surface area contributed by atoms with Crippen LogP contribution in [0.2, 0.25) is 0 Å². The van der Waals surface area contributed by atoms with Gasteiger partial charge in [0.2, 0.25) is 0 Å². The molecule has 0 amide bonds. The van der Waals surface area contributed by atoms with Crippen molar-refractivity contribution in [2.45, 2.75) is 12.8 Å². The van der Waals surface area contributed by atoms with Gasteiger partial charge >= 0.3 is 19.6 Å². The van der Waals surface area contributed by atoms with E-state index in [0.29, 0.717) is 60.2 Å². The van der Waals surface area contributed by atoms with Crippen molar-refractivity contribution in [3.05, 3.63) is 46.5 Å². The summed E-state index contributed by atoms with van der Waals surface area (Å²) in [7, 11) is 3.75. The van der Waals surface area contributed by atoms with Crippen LogP contribution in [0.1, 0.15) is 31.8 Å². The Morgan fingerprint density at radius 3 is 1.66 bits per heavy atom. The van der Waals surface area contributed by atoms with Gasteiger partial charge in [0.15, 0.2) is 0 Å². The first-order valence-electron chi connectivity index (χ1n) is 9.01. The van der Waals surface area contributed by atoms with Crippen molar-refractivity contribution in [1.82, 2.24) is 0 Å². The first-order valence-corrected chi connectivity index (χ1v) is 9.01. The minimum atomic E-state index is -0.504. The molecule has 8 nitrogen and oxygen atoms in total. The molecule has 0 spiro atoms. The van der Waals surface area contributed by atoms with E-state index < -0.39 is 11.9 Å². The molecule has 4 rings (SSSR count). The summed E-state index contributed by atoms with van der Waals surface area (Å²) in [4.78, 5) is 24.0. The standard InChI is InChI=1S/C20H18BO8/c1-24-19(22)15-9-13(7-11-3-5-26-17(11)15)28-21-29-14-8-12-4-6-27-18(12)16(10-14)20(23)25-2/h7-10H,3-6H2,1-2H3. The van der Waals surface area contributed by atoms with E-state index in [9.17, 15) is 9.59 Å². The van der Waals surface area contributed by atoms with Crippen molar-refractivity contribution >= 4 is 19.6 Å². The second-order valence-electron chi connectivity index (χ2n) is 6.43. The molecule has 0 unspecified atom stereocenters. The van der Waals surface area contributed by atoms with Crippen molar-refractivity contribution in [3.8, 4) is 23.0 Å². The summed E-state index contributed by atoms with van der Waals surface area (Å²) in [5.74, 6) is 0.851. The highest BCUT2D eigenvalue weighted by molar-refractivity contribution is 6.21. The molecule has 0 saturated heterocycles. The SMILES string of the molecule is COC(=O)c1cc(O[B]Oc2cc3c(c(C(=O)OC)c2)OCC3)cc2c1OCC2. The van der Waals surface area contributed by atoms with E-state index >= 15 is 0 Å². The predicted octanol–water partition coefficient (Wildman–Crippen LogP) is 2.12. The minimum absolute atomic E-state index is 0.300. The largest absolute Gasteiger partial charge is 0.658 e. The molecular formula is C20H18BO8. The lowest BCUT2D eigenvalue weighted by molar-refractivity contribution is 0.0587. The Kier molecular flexibility index (Phi) is 5.20. The third kappa shape index (κ3) is 3.67. The fourth-order valence-corrected chi connectivity index (χ4v) is 3.35. The number of rotatable bonds is 6. The van der Waals surface area contributed by atoms with E-state index in [4.69, 9.17) is 28.3 Å². The molecule has 0 fully saturated rings. The van der Waals surface area contributed by atoms with Crippen LogP contribution in [0.25, 0.3) is 0 Å². The molecule has 0 saturated carbocycles. The topological polar surface area (TPSA) is 89.5 Å². The van der Waals surface area contributed by atoms with Crippen LogP contribution in [-0.2, 0) is 22.3 Å². The highest BCUT2D eigenvalue weighted by Gasteiger charge is 2.25. The lowest BCUT2D eigenvalue weighted by Gasteiger charge is -2.12. The van der Waals surface area contributed by atoms with Gasteiger partial charge in [0.05, 0.1) is 27.4 Å². The number of hydrogen-bond acceptors (Lipinski definition) is 8. The van der Waals surface area contributed by atoms with Crippen molar-refractivity contribution in [1.29, 1.82) is 0 Å². The monoisotopic (exact) mass is 397 g/mol. The number of esters is 2. The third-order valence-corrected chi connectivity index (χ3v) is 4.69. The van der Waals surface area contributed by atoms with E-state index in [1.165, 1.54) is 26.4 Å². The number of carbonyl (C=O) groups is 2. The van der Waals surface area contributed by atoms with Crippen LogP contribution in [0.4, 0.5) is 0 Å². The van der Waals surface area contributed by atoms with Gasteiger partial charge in [-0.05, 0) is 24.3 Å². The Bertz CT molecular complexity index is 894. The summed E-state index contributed by atoms with van der Waals surface area (Å²) >= 11 is 0. The number of carbonyl (C=O) groups excluding carboxylic acids is 2. The summed E-state index contributed by atoms with van der Waals surface area (Å²) in [5.41, 5.74) is 2.32. The molecule has 29 heavy (non-hydrogen) atoms. The molecule has 0 bridgehead atoms. The number of hydrogen-bond donors (Lipinski definition) is 0. The van der Waals surface area contributed by atoms with E-state index in [2.05, 4.69) is 0 Å². The summed E-state index contributed by atoms with van der Waals surface area (Å²) in [6, 6.07) is 6.63. The van der Waals surface area contributed by atoms with Crippen molar-refractivity contribution < 1.29 is 37.8 Å². The average molecular weight is 397 g/mol. The minimum Gasteiger partial charge on any atom is -0.526 e. The molecule has 0 aromatic heterocycles. The zero-order chi connectivity index (χ0) is 20.4. The van der Waals surface area contributed by atoms with Crippen LogP contribution in [0.5, 0.6) is 23.0 Å². The molecule has 2 aromatic rings. The molecule has 0 aliphatic carbocycles. The highest BCUT2D eigenvalue weighted by atomic mass is 16.6. The van der Waals surface area contributed by atoms with Gasteiger partial charge in [-0.1, -0.05) is 0 Å². The van der Waals surface area contributed by atoms with Crippen LogP contribution in [0, 0.1) is 0 Å². The highest BCUT2D eigenvalue weighted by Crippen LogP contribution is 2.35. The Labute approximate surface area is 167 Å². The molecule has 149 valence electrons. The zero-order valence-electron chi connectivity index (χ0n) is 16.0. The van der Waals surface area contributed by atoms with Gasteiger partial charge in [-0.25, -0.2) is 9.59 Å². The Hall–Kier alpha value is -3.36. The molecule has 2 aliphatic rings. The van der Waals surface area contributed by atoms with Gasteiger partial charge in [0.1, 0.15) is 34.1 Å². The summed E-state index contributed by atoms with van der Waals surface area (Å²) in [5, 5.41) is 0. The fraction of sp³-hybridized carbons (Fsp3) is 0.300. The summed E-state index contributed by atoms with van der Waals surface area (Å²) in [6.45, 7) is 0.993. The molecule has 2 aliphatic heterocycles. The van der Waals surface area contributed by atoms with Crippen LogP contribution < -0.4 is 18.8 Å². The summed E-state index contributed by atoms with van der Waals surface area (Å²) < 4.78 is 31.8. The fourth-order valence-electron chi connectivity index (χ4n) is 3.35. The maximum absolute atomic E-state index is 12.0. The van der Waals surface area contributed by atoms with Crippen molar-refractivity contribution in [2.24, 2.45) is 0 Å². The molecule has 9 heteroatoms. The Morgan fingerprint density at radius 1 is 0.793 bits per heavy atom. The van der Waals surface area contributed by atoms with Crippen LogP contribution >= 0.6 is 0 Å². The molecule has 2 aromatic carbocycles. The normalized spacial score (nSPS) is 13.4. The van der Waals surface area contributed by atoms with Crippen molar-refractivity contribution in [3.63, 3.8) is 0 Å². The summed E-state index contributed by atoms with van der Waals surface area (Å²) in [6.07, 6.45) is 1.34. The number of benzene rings is 2.